The lowest BCUT2D eigenvalue weighted by atomic mass is 10.3. The van der Waals surface area contributed by atoms with Crippen LogP contribution in [0.15, 0.2) is 11.4 Å². The molecule has 0 aromatic carbocycles. The Morgan fingerprint density at radius 2 is 2.50 bits per heavy atom. The molecule has 14 heavy (non-hydrogen) atoms. The number of anilines is 1. The Morgan fingerprint density at radius 3 is 3.07 bits per heavy atom. The van der Waals surface area contributed by atoms with Crippen LogP contribution in [0, 0.1) is 0 Å². The monoisotopic (exact) mass is 213 g/mol. The molecule has 0 saturated carbocycles. The zero-order chi connectivity index (χ0) is 10.4. The maximum atomic E-state index is 10.0. The molecule has 0 bridgehead atoms. The summed E-state index contributed by atoms with van der Waals surface area (Å²) in [6.45, 7) is 0.594. The summed E-state index contributed by atoms with van der Waals surface area (Å²) in [6, 6.07) is 0. The fraction of sp³-hybridized carbons (Fsp3) is 0.375. The van der Waals surface area contributed by atoms with E-state index in [1.807, 2.05) is 6.26 Å². The third-order valence-electron chi connectivity index (χ3n) is 1.57. The number of nitrogens with zero attached hydrogens (tertiary/aromatic N) is 2. The van der Waals surface area contributed by atoms with Crippen molar-refractivity contribution in [2.24, 2.45) is 0 Å². The highest BCUT2D eigenvalue weighted by Crippen LogP contribution is 2.16. The minimum absolute atomic E-state index is 0.189. The molecule has 0 atom stereocenters. The van der Waals surface area contributed by atoms with Crippen LogP contribution in [0.2, 0.25) is 0 Å². The van der Waals surface area contributed by atoms with E-state index in [9.17, 15) is 4.79 Å². The summed E-state index contributed by atoms with van der Waals surface area (Å²) < 4.78 is 4.63. The van der Waals surface area contributed by atoms with Gasteiger partial charge in [0.1, 0.15) is 12.4 Å². The molecule has 0 unspecified atom stereocenters. The summed E-state index contributed by atoms with van der Waals surface area (Å²) in [6.07, 6.45) is 3.55. The Morgan fingerprint density at radius 1 is 1.71 bits per heavy atom. The van der Waals surface area contributed by atoms with Gasteiger partial charge in [-0.15, -0.1) is 0 Å². The fourth-order valence-corrected chi connectivity index (χ4v) is 1.28. The number of hydrogen-bond donors (Lipinski definition) is 1. The Labute approximate surface area is 86.3 Å². The van der Waals surface area contributed by atoms with Gasteiger partial charge in [-0.05, 0) is 6.26 Å². The largest absolute Gasteiger partial charge is 0.463 e. The lowest BCUT2D eigenvalue weighted by molar-refractivity contribution is -0.129. The first-order valence-corrected chi connectivity index (χ1v) is 5.17. The molecular formula is C8H11N3O2S. The molecule has 0 aliphatic carbocycles. The average molecular weight is 213 g/mol. The first-order valence-electron chi connectivity index (χ1n) is 3.94. The number of aromatic nitrogens is 2. The highest BCUT2D eigenvalue weighted by atomic mass is 32.2. The van der Waals surface area contributed by atoms with Gasteiger partial charge >= 0.3 is 0 Å². The summed E-state index contributed by atoms with van der Waals surface area (Å²) in [4.78, 5) is 18.3. The van der Waals surface area contributed by atoms with Crippen LogP contribution in [0.4, 0.5) is 5.82 Å². The van der Waals surface area contributed by atoms with Gasteiger partial charge in [-0.2, -0.15) is 0 Å². The van der Waals surface area contributed by atoms with E-state index >= 15 is 0 Å². The molecular weight excluding hydrogens is 202 g/mol. The van der Waals surface area contributed by atoms with Crippen LogP contribution in [-0.4, -0.2) is 29.7 Å². The quantitative estimate of drug-likeness (QED) is 0.445. The summed E-state index contributed by atoms with van der Waals surface area (Å²) in [5.74, 6) is 0.686. The second-order valence-electron chi connectivity index (χ2n) is 2.39. The smallest absolute Gasteiger partial charge is 0.293 e. The van der Waals surface area contributed by atoms with Crippen molar-refractivity contribution in [3.63, 3.8) is 0 Å². The highest BCUT2D eigenvalue weighted by Gasteiger charge is 2.05. The van der Waals surface area contributed by atoms with Crippen molar-refractivity contribution in [1.82, 2.24) is 9.97 Å². The number of carbonyl (C=O) groups is 1. The van der Waals surface area contributed by atoms with Gasteiger partial charge in [-0.3, -0.25) is 4.79 Å². The van der Waals surface area contributed by atoms with Crippen molar-refractivity contribution in [1.29, 1.82) is 0 Å². The van der Waals surface area contributed by atoms with Crippen LogP contribution in [0.1, 0.15) is 5.56 Å². The Bertz CT molecular complexity index is 319. The van der Waals surface area contributed by atoms with Crippen molar-refractivity contribution in [3.05, 3.63) is 11.8 Å². The van der Waals surface area contributed by atoms with Crippen LogP contribution in [-0.2, 0) is 16.1 Å². The number of ether oxygens (including phenoxy) is 1. The van der Waals surface area contributed by atoms with Crippen molar-refractivity contribution >= 4 is 24.1 Å². The second kappa shape index (κ2) is 5.43. The molecule has 5 nitrogen and oxygen atoms in total. The van der Waals surface area contributed by atoms with Crippen LogP contribution in [0.3, 0.4) is 0 Å². The van der Waals surface area contributed by atoms with E-state index < -0.39 is 0 Å². The maximum absolute atomic E-state index is 10.0. The van der Waals surface area contributed by atoms with Crippen molar-refractivity contribution in [2.75, 3.05) is 18.6 Å². The third-order valence-corrected chi connectivity index (χ3v) is 2.13. The first kappa shape index (κ1) is 10.8. The number of thioether (sulfide) groups is 1. The van der Waals surface area contributed by atoms with Gasteiger partial charge in [-0.25, -0.2) is 9.97 Å². The van der Waals surface area contributed by atoms with E-state index in [4.69, 9.17) is 0 Å². The topological polar surface area (TPSA) is 64.1 Å². The van der Waals surface area contributed by atoms with Crippen molar-refractivity contribution < 1.29 is 9.53 Å². The first-order chi connectivity index (χ1) is 6.81. The van der Waals surface area contributed by atoms with E-state index in [0.717, 1.165) is 5.56 Å². The predicted octanol–water partition coefficient (Wildman–Crippen LogP) is 0.913. The van der Waals surface area contributed by atoms with Crippen LogP contribution < -0.4 is 5.32 Å². The number of carbonyl (C=O) groups excluding carboxylic acids is 1. The van der Waals surface area contributed by atoms with Gasteiger partial charge in [0.05, 0.1) is 5.56 Å². The highest BCUT2D eigenvalue weighted by molar-refractivity contribution is 7.98. The predicted molar refractivity (Wildman–Crippen MR) is 54.2 cm³/mol. The molecule has 0 amide bonds. The molecule has 0 fully saturated rings. The van der Waals surface area contributed by atoms with Crippen molar-refractivity contribution in [3.8, 4) is 0 Å². The third kappa shape index (κ3) is 2.59. The van der Waals surface area contributed by atoms with Crippen molar-refractivity contribution in [2.45, 2.75) is 11.8 Å². The second-order valence-corrected chi connectivity index (χ2v) is 3.16. The molecule has 0 aliphatic rings. The van der Waals surface area contributed by atoms with Gasteiger partial charge < -0.3 is 10.1 Å². The average Bonchev–Trinajstić information content (AvgIpc) is 2.26. The minimum Gasteiger partial charge on any atom is -0.463 e. The lowest BCUT2D eigenvalue weighted by Gasteiger charge is -2.07. The molecule has 1 aromatic rings. The van der Waals surface area contributed by atoms with E-state index in [1.165, 1.54) is 11.8 Å². The zero-order valence-corrected chi connectivity index (χ0v) is 8.80. The molecule has 1 N–H and O–H groups in total. The van der Waals surface area contributed by atoms with Gasteiger partial charge in [0.25, 0.3) is 6.47 Å². The van der Waals surface area contributed by atoms with E-state index in [2.05, 4.69) is 20.0 Å². The molecule has 0 spiro atoms. The van der Waals surface area contributed by atoms with Crippen LogP contribution in [0.25, 0.3) is 0 Å². The minimum atomic E-state index is 0.189. The summed E-state index contributed by atoms with van der Waals surface area (Å²) >= 11 is 1.46. The zero-order valence-electron chi connectivity index (χ0n) is 7.98. The Balaban J connectivity index is 2.87. The molecule has 1 aromatic heterocycles. The van der Waals surface area contributed by atoms with Gasteiger partial charge in [0.2, 0.25) is 0 Å². The summed E-state index contributed by atoms with van der Waals surface area (Å²) in [5, 5.41) is 3.60. The molecule has 6 heteroatoms. The summed E-state index contributed by atoms with van der Waals surface area (Å²) in [7, 11) is 1.76. The summed E-state index contributed by atoms with van der Waals surface area (Å²) in [5.41, 5.74) is 0.761. The van der Waals surface area contributed by atoms with Gasteiger partial charge in [0.15, 0.2) is 5.16 Å². The number of nitrogens with one attached hydrogen (secondary N) is 1. The lowest BCUT2D eigenvalue weighted by Crippen LogP contribution is -2.02. The maximum Gasteiger partial charge on any atom is 0.293 e. The fourth-order valence-electron chi connectivity index (χ4n) is 0.935. The van der Waals surface area contributed by atoms with E-state index in [0.29, 0.717) is 17.4 Å². The van der Waals surface area contributed by atoms with Crippen LogP contribution in [0.5, 0.6) is 0 Å². The number of rotatable bonds is 5. The van der Waals surface area contributed by atoms with Gasteiger partial charge in [-0.1, -0.05) is 11.8 Å². The molecule has 1 heterocycles. The SMILES string of the molecule is CNc1nc(SC)ncc1COC=O. The molecule has 1 rings (SSSR count). The Kier molecular flexibility index (Phi) is 4.18. The number of hydrogen-bond acceptors (Lipinski definition) is 6. The molecule has 0 radical (unpaired) electrons. The Hall–Kier alpha value is -1.30. The molecule has 0 aliphatic heterocycles. The molecule has 76 valence electrons. The molecule has 0 saturated heterocycles. The normalized spacial score (nSPS) is 9.57. The van der Waals surface area contributed by atoms with E-state index in [-0.39, 0.29) is 6.61 Å². The van der Waals surface area contributed by atoms with Crippen LogP contribution >= 0.6 is 11.8 Å². The van der Waals surface area contributed by atoms with Gasteiger partial charge in [0, 0.05) is 13.2 Å². The standard InChI is InChI=1S/C8H11N3O2S/c1-9-7-6(4-13-5-12)3-10-8(11-7)14-2/h3,5H,4H2,1-2H3,(H,9,10,11). The van der Waals surface area contributed by atoms with E-state index in [1.54, 1.807) is 13.2 Å².